The number of carboxylic acid groups (broad SMARTS) is 1. The van der Waals surface area contributed by atoms with Crippen molar-refractivity contribution in [3.05, 3.63) is 59.7 Å². The molecule has 3 aliphatic rings. The number of benzene rings is 2. The summed E-state index contributed by atoms with van der Waals surface area (Å²) in [7, 11) is 0. The van der Waals surface area contributed by atoms with Crippen molar-refractivity contribution in [3.63, 3.8) is 0 Å². The lowest BCUT2D eigenvalue weighted by Gasteiger charge is -2.44. The zero-order valence-electron chi connectivity index (χ0n) is 15.0. The third kappa shape index (κ3) is 2.54. The standard InChI is InChI=1S/C21H18N2O5/c24-19(25)18-9-21(28-22-18)11-23(12-21)20(26)27-10-17-15-7-3-1-5-13(15)14-6-2-4-8-16(14)17/h1-8,17H,9-12H2,(H,24,25). The number of hydrogen-bond acceptors (Lipinski definition) is 5. The Balaban J connectivity index is 1.23. The Bertz CT molecular complexity index is 964. The minimum absolute atomic E-state index is 0.00723. The van der Waals surface area contributed by atoms with Crippen LogP contribution in [-0.4, -0.2) is 53.1 Å². The van der Waals surface area contributed by atoms with Gasteiger partial charge >= 0.3 is 12.1 Å². The molecular formula is C21H18N2O5. The van der Waals surface area contributed by atoms with E-state index in [-0.39, 0.29) is 37.7 Å². The van der Waals surface area contributed by atoms with Gasteiger partial charge in [0.25, 0.3) is 0 Å². The lowest BCUT2D eigenvalue weighted by atomic mass is 9.89. The van der Waals surface area contributed by atoms with E-state index < -0.39 is 17.7 Å². The summed E-state index contributed by atoms with van der Waals surface area (Å²) in [5.74, 6) is -1.08. The Labute approximate surface area is 161 Å². The molecule has 2 aliphatic heterocycles. The fourth-order valence-corrected chi connectivity index (χ4v) is 4.27. The van der Waals surface area contributed by atoms with Crippen molar-refractivity contribution in [3.8, 4) is 11.1 Å². The van der Waals surface area contributed by atoms with Crippen molar-refractivity contribution in [2.45, 2.75) is 17.9 Å². The molecular weight excluding hydrogens is 360 g/mol. The highest BCUT2D eigenvalue weighted by molar-refractivity contribution is 6.36. The van der Waals surface area contributed by atoms with E-state index in [1.165, 1.54) is 16.0 Å². The van der Waals surface area contributed by atoms with Crippen molar-refractivity contribution >= 4 is 17.8 Å². The monoisotopic (exact) mass is 378 g/mol. The summed E-state index contributed by atoms with van der Waals surface area (Å²) in [6.07, 6.45) is -0.213. The van der Waals surface area contributed by atoms with Crippen LogP contribution in [0.1, 0.15) is 23.5 Å². The zero-order chi connectivity index (χ0) is 19.3. The second-order valence-electron chi connectivity index (χ2n) is 7.45. The first-order valence-electron chi connectivity index (χ1n) is 9.15. The summed E-state index contributed by atoms with van der Waals surface area (Å²) >= 11 is 0. The molecule has 2 heterocycles. The molecule has 28 heavy (non-hydrogen) atoms. The molecule has 1 amide bonds. The van der Waals surface area contributed by atoms with Gasteiger partial charge in [0.15, 0.2) is 11.3 Å². The molecule has 1 N–H and O–H groups in total. The zero-order valence-corrected chi connectivity index (χ0v) is 15.0. The van der Waals surface area contributed by atoms with Gasteiger partial charge in [-0.25, -0.2) is 9.59 Å². The Morgan fingerprint density at radius 1 is 1.11 bits per heavy atom. The van der Waals surface area contributed by atoms with E-state index in [1.54, 1.807) is 0 Å². The summed E-state index contributed by atoms with van der Waals surface area (Å²) < 4.78 is 5.60. The molecule has 5 rings (SSSR count). The Kier molecular flexibility index (Phi) is 3.65. The number of oxime groups is 1. The third-order valence-corrected chi connectivity index (χ3v) is 5.64. The summed E-state index contributed by atoms with van der Waals surface area (Å²) in [5, 5.41) is 12.6. The largest absolute Gasteiger partial charge is 0.477 e. The minimum atomic E-state index is -1.09. The second kappa shape index (κ2) is 6.09. The van der Waals surface area contributed by atoms with Crippen LogP contribution in [0.3, 0.4) is 0 Å². The van der Waals surface area contributed by atoms with E-state index in [2.05, 4.69) is 29.4 Å². The van der Waals surface area contributed by atoms with Crippen LogP contribution in [0, 0.1) is 0 Å². The van der Waals surface area contributed by atoms with Crippen molar-refractivity contribution in [1.29, 1.82) is 0 Å². The van der Waals surface area contributed by atoms with Gasteiger partial charge in [-0.3, -0.25) is 4.90 Å². The van der Waals surface area contributed by atoms with Crippen molar-refractivity contribution in [2.75, 3.05) is 19.7 Å². The number of hydrogen-bond donors (Lipinski definition) is 1. The summed E-state index contributed by atoms with van der Waals surface area (Å²) in [6.45, 7) is 0.821. The first kappa shape index (κ1) is 16.8. The van der Waals surface area contributed by atoms with Gasteiger partial charge in [0.05, 0.1) is 13.1 Å². The summed E-state index contributed by atoms with van der Waals surface area (Å²) in [5.41, 5.74) is 3.97. The maximum Gasteiger partial charge on any atom is 0.410 e. The molecule has 1 spiro atoms. The maximum atomic E-state index is 12.5. The van der Waals surface area contributed by atoms with Gasteiger partial charge < -0.3 is 14.7 Å². The first-order chi connectivity index (χ1) is 13.6. The predicted molar refractivity (Wildman–Crippen MR) is 100 cm³/mol. The molecule has 2 aromatic rings. The van der Waals surface area contributed by atoms with Gasteiger partial charge in [-0.05, 0) is 22.3 Å². The van der Waals surface area contributed by atoms with Crippen LogP contribution < -0.4 is 0 Å². The lowest BCUT2D eigenvalue weighted by molar-refractivity contribution is -0.129. The molecule has 7 heteroatoms. The molecule has 0 saturated carbocycles. The SMILES string of the molecule is O=C(O)C1=NOC2(C1)CN(C(=O)OCC1c3ccccc3-c3ccccc31)C2. The second-order valence-corrected chi connectivity index (χ2v) is 7.45. The Morgan fingerprint density at radius 3 is 2.29 bits per heavy atom. The summed E-state index contributed by atoms with van der Waals surface area (Å²) in [6, 6.07) is 16.3. The van der Waals surface area contributed by atoms with Crippen molar-refractivity contribution in [2.24, 2.45) is 5.16 Å². The van der Waals surface area contributed by atoms with Crippen LogP contribution in [0.15, 0.2) is 53.7 Å². The Hall–Kier alpha value is -3.35. The number of ether oxygens (including phenoxy) is 1. The topological polar surface area (TPSA) is 88.4 Å². The average Bonchev–Trinajstić information content (AvgIpc) is 3.26. The molecule has 1 saturated heterocycles. The molecule has 1 fully saturated rings. The smallest absolute Gasteiger partial charge is 0.410 e. The van der Waals surface area contributed by atoms with E-state index in [0.717, 1.165) is 11.1 Å². The molecule has 0 unspecified atom stereocenters. The summed E-state index contributed by atoms with van der Waals surface area (Å²) in [4.78, 5) is 30.2. The fourth-order valence-electron chi connectivity index (χ4n) is 4.27. The van der Waals surface area contributed by atoms with Crippen LogP contribution in [0.25, 0.3) is 11.1 Å². The molecule has 0 bridgehead atoms. The number of carbonyl (C=O) groups is 2. The van der Waals surface area contributed by atoms with Crippen LogP contribution in [0.2, 0.25) is 0 Å². The highest BCUT2D eigenvalue weighted by atomic mass is 16.7. The van der Waals surface area contributed by atoms with Gasteiger partial charge in [0.1, 0.15) is 6.61 Å². The average molecular weight is 378 g/mol. The van der Waals surface area contributed by atoms with Gasteiger partial charge in [-0.15, -0.1) is 0 Å². The first-order valence-corrected chi connectivity index (χ1v) is 9.15. The van der Waals surface area contributed by atoms with E-state index in [1.807, 2.05) is 24.3 Å². The van der Waals surface area contributed by atoms with Crippen molar-refractivity contribution in [1.82, 2.24) is 4.90 Å². The highest BCUT2D eigenvalue weighted by Gasteiger charge is 2.53. The molecule has 142 valence electrons. The lowest BCUT2D eigenvalue weighted by Crippen LogP contribution is -2.63. The third-order valence-electron chi connectivity index (χ3n) is 5.64. The number of likely N-dealkylation sites (tertiary alicyclic amines) is 1. The molecule has 2 aromatic carbocycles. The number of carboxylic acids is 1. The number of fused-ring (bicyclic) bond motifs is 3. The number of amides is 1. The van der Waals surface area contributed by atoms with E-state index in [4.69, 9.17) is 14.7 Å². The predicted octanol–water partition coefficient (Wildman–Crippen LogP) is 2.85. The van der Waals surface area contributed by atoms with E-state index in [9.17, 15) is 9.59 Å². The van der Waals surface area contributed by atoms with Gasteiger partial charge in [-0.1, -0.05) is 53.7 Å². The quantitative estimate of drug-likeness (QED) is 0.887. The normalized spacial score (nSPS) is 18.7. The van der Waals surface area contributed by atoms with Crippen molar-refractivity contribution < 1.29 is 24.3 Å². The molecule has 1 aliphatic carbocycles. The maximum absolute atomic E-state index is 12.5. The van der Waals surface area contributed by atoms with E-state index in [0.29, 0.717) is 0 Å². The van der Waals surface area contributed by atoms with Crippen LogP contribution >= 0.6 is 0 Å². The van der Waals surface area contributed by atoms with Crippen LogP contribution in [0.5, 0.6) is 0 Å². The van der Waals surface area contributed by atoms with Gasteiger partial charge in [0.2, 0.25) is 0 Å². The number of aliphatic carboxylic acids is 1. The molecule has 0 aromatic heterocycles. The van der Waals surface area contributed by atoms with Gasteiger partial charge in [-0.2, -0.15) is 0 Å². The molecule has 0 atom stereocenters. The van der Waals surface area contributed by atoms with Crippen LogP contribution in [0.4, 0.5) is 4.79 Å². The number of rotatable bonds is 3. The van der Waals surface area contributed by atoms with Gasteiger partial charge in [0, 0.05) is 12.3 Å². The molecule has 0 radical (unpaired) electrons. The van der Waals surface area contributed by atoms with Crippen LogP contribution in [-0.2, 0) is 14.4 Å². The fraction of sp³-hybridized carbons (Fsp3) is 0.286. The minimum Gasteiger partial charge on any atom is -0.477 e. The Morgan fingerprint density at radius 2 is 1.71 bits per heavy atom. The highest BCUT2D eigenvalue weighted by Crippen LogP contribution is 2.44. The number of carbonyl (C=O) groups excluding carboxylic acids is 1. The molecule has 7 nitrogen and oxygen atoms in total. The number of nitrogens with zero attached hydrogens (tertiary/aromatic N) is 2. The van der Waals surface area contributed by atoms with E-state index >= 15 is 0 Å².